The van der Waals surface area contributed by atoms with Crippen molar-refractivity contribution in [2.45, 2.75) is 12.5 Å². The highest BCUT2D eigenvalue weighted by molar-refractivity contribution is 6.36. The number of rotatable bonds is 3. The summed E-state index contributed by atoms with van der Waals surface area (Å²) in [4.78, 5) is 18.7. The summed E-state index contributed by atoms with van der Waals surface area (Å²) in [6.07, 6.45) is 4.26. The number of hydrogen-bond donors (Lipinski definition) is 3. The Balaban J connectivity index is 0.000000755. The van der Waals surface area contributed by atoms with Crippen LogP contribution in [-0.2, 0) is 0 Å². The maximum absolute atomic E-state index is 12.5. The van der Waals surface area contributed by atoms with Gasteiger partial charge in [0.25, 0.3) is 5.91 Å². The SMILES string of the molecule is C=NO.O=C(N[C@H]1CCN(c2ccc3nccn3n2)C1)c1cc(Cl)cc(Cl)c1O. The van der Waals surface area contributed by atoms with Gasteiger partial charge in [0, 0.05) is 43.3 Å². The van der Waals surface area contributed by atoms with Gasteiger partial charge >= 0.3 is 0 Å². The summed E-state index contributed by atoms with van der Waals surface area (Å²) in [5, 5.41) is 27.1. The molecule has 29 heavy (non-hydrogen) atoms. The Morgan fingerprint density at radius 3 is 2.86 bits per heavy atom. The van der Waals surface area contributed by atoms with Gasteiger partial charge in [-0.25, -0.2) is 9.50 Å². The van der Waals surface area contributed by atoms with E-state index in [0.717, 1.165) is 24.4 Å². The van der Waals surface area contributed by atoms with Gasteiger partial charge in [-0.05, 0) is 30.7 Å². The lowest BCUT2D eigenvalue weighted by atomic mass is 10.1. The number of aromatic nitrogens is 3. The zero-order chi connectivity index (χ0) is 21.0. The van der Waals surface area contributed by atoms with Crippen LogP contribution in [0.5, 0.6) is 5.75 Å². The van der Waals surface area contributed by atoms with Crippen LogP contribution in [-0.4, -0.2) is 56.7 Å². The van der Waals surface area contributed by atoms with Gasteiger partial charge in [-0.1, -0.05) is 23.2 Å². The molecule has 1 aromatic carbocycles. The molecule has 0 radical (unpaired) electrons. The predicted molar refractivity (Wildman–Crippen MR) is 111 cm³/mol. The quantitative estimate of drug-likeness (QED) is 0.330. The second kappa shape index (κ2) is 8.97. The summed E-state index contributed by atoms with van der Waals surface area (Å²) in [6.45, 7) is 4.05. The Hall–Kier alpha value is -3.04. The average molecular weight is 437 g/mol. The van der Waals surface area contributed by atoms with Crippen LogP contribution in [0.4, 0.5) is 5.82 Å². The fraction of sp³-hybridized carbons (Fsp3) is 0.222. The van der Waals surface area contributed by atoms with E-state index in [1.165, 1.54) is 12.1 Å². The van der Waals surface area contributed by atoms with Crippen LogP contribution in [0.2, 0.25) is 10.0 Å². The molecule has 1 aliphatic rings. The van der Waals surface area contributed by atoms with E-state index in [2.05, 4.69) is 32.2 Å². The first-order chi connectivity index (χ1) is 13.9. The third-order valence-electron chi connectivity index (χ3n) is 4.36. The van der Waals surface area contributed by atoms with Crippen molar-refractivity contribution < 1.29 is 15.1 Å². The van der Waals surface area contributed by atoms with Crippen LogP contribution in [0.25, 0.3) is 5.65 Å². The Morgan fingerprint density at radius 1 is 1.34 bits per heavy atom. The van der Waals surface area contributed by atoms with Gasteiger partial charge in [-0.3, -0.25) is 4.79 Å². The second-order valence-corrected chi connectivity index (χ2v) is 7.10. The number of anilines is 1. The number of aromatic hydroxyl groups is 1. The van der Waals surface area contributed by atoms with E-state index < -0.39 is 5.91 Å². The fourth-order valence-corrected chi connectivity index (χ4v) is 3.56. The van der Waals surface area contributed by atoms with Crippen molar-refractivity contribution in [1.82, 2.24) is 19.9 Å². The molecule has 3 N–H and O–H groups in total. The molecule has 3 aromatic rings. The molecule has 1 saturated heterocycles. The highest BCUT2D eigenvalue weighted by Crippen LogP contribution is 2.31. The first kappa shape index (κ1) is 20.7. The third kappa shape index (κ3) is 4.69. The molecule has 2 aromatic heterocycles. The number of carbonyl (C=O) groups is 1. The van der Waals surface area contributed by atoms with Crippen molar-refractivity contribution in [3.8, 4) is 5.75 Å². The maximum atomic E-state index is 12.5. The number of imidazole rings is 1. The van der Waals surface area contributed by atoms with Crippen LogP contribution >= 0.6 is 23.2 Å². The topological polar surface area (TPSA) is 115 Å². The fourth-order valence-electron chi connectivity index (χ4n) is 3.06. The van der Waals surface area contributed by atoms with Gasteiger partial charge in [0.15, 0.2) is 5.65 Å². The summed E-state index contributed by atoms with van der Waals surface area (Å²) >= 11 is 11.8. The van der Waals surface area contributed by atoms with Crippen LogP contribution in [0, 0.1) is 0 Å². The summed E-state index contributed by atoms with van der Waals surface area (Å²) in [7, 11) is 0. The van der Waals surface area contributed by atoms with Gasteiger partial charge in [0.1, 0.15) is 11.6 Å². The minimum absolute atomic E-state index is 0.0496. The molecule has 9 nitrogen and oxygen atoms in total. The summed E-state index contributed by atoms with van der Waals surface area (Å²) in [5.41, 5.74) is 0.852. The van der Waals surface area contributed by atoms with E-state index in [4.69, 9.17) is 28.4 Å². The molecule has 0 bridgehead atoms. The van der Waals surface area contributed by atoms with Crippen LogP contribution in [0.3, 0.4) is 0 Å². The zero-order valence-corrected chi connectivity index (χ0v) is 16.7. The van der Waals surface area contributed by atoms with Crippen LogP contribution in [0.15, 0.2) is 41.8 Å². The molecule has 0 aliphatic carbocycles. The lowest BCUT2D eigenvalue weighted by Gasteiger charge is -2.18. The number of amides is 1. The normalized spacial score (nSPS) is 15.7. The lowest BCUT2D eigenvalue weighted by Crippen LogP contribution is -2.37. The molecule has 11 heteroatoms. The standard InChI is InChI=1S/C17H15Cl2N5O2.CH3NO/c18-10-7-12(16(25)13(19)8-10)17(26)21-11-3-5-23(9-11)15-2-1-14-20-4-6-24(14)22-15;1-2-3/h1-2,4,6-8,11,25H,3,5,9H2,(H,21,26);3H,1H2/t11-;/m0./s1. The van der Waals surface area contributed by atoms with E-state index in [1.54, 1.807) is 16.9 Å². The van der Waals surface area contributed by atoms with Gasteiger partial charge < -0.3 is 20.5 Å². The summed E-state index contributed by atoms with van der Waals surface area (Å²) in [5.74, 6) is 0.147. The molecule has 1 aliphatic heterocycles. The number of oxime groups is 1. The highest BCUT2D eigenvalue weighted by Gasteiger charge is 2.26. The Bertz CT molecular complexity index is 1040. The van der Waals surface area contributed by atoms with Crippen molar-refractivity contribution in [3.05, 3.63) is 52.3 Å². The molecule has 152 valence electrons. The van der Waals surface area contributed by atoms with Gasteiger partial charge in [0.05, 0.1) is 10.6 Å². The minimum atomic E-state index is -0.406. The Kier molecular flexibility index (Phi) is 6.40. The zero-order valence-electron chi connectivity index (χ0n) is 15.2. The smallest absolute Gasteiger partial charge is 0.255 e. The number of fused-ring (bicyclic) bond motifs is 1. The van der Waals surface area contributed by atoms with E-state index in [9.17, 15) is 9.90 Å². The van der Waals surface area contributed by atoms with Crippen molar-refractivity contribution in [2.24, 2.45) is 5.16 Å². The third-order valence-corrected chi connectivity index (χ3v) is 4.87. The average Bonchev–Trinajstić information content (AvgIpc) is 3.33. The van der Waals surface area contributed by atoms with E-state index in [1.807, 2.05) is 12.1 Å². The first-order valence-electron chi connectivity index (χ1n) is 8.57. The summed E-state index contributed by atoms with van der Waals surface area (Å²) in [6, 6.07) is 6.54. The number of hydrogen-bond acceptors (Lipinski definition) is 7. The number of nitrogens with zero attached hydrogens (tertiary/aromatic N) is 5. The molecule has 1 fully saturated rings. The molecule has 0 spiro atoms. The Morgan fingerprint density at radius 2 is 2.10 bits per heavy atom. The molecular weight excluding hydrogens is 419 g/mol. The predicted octanol–water partition coefficient (Wildman–Crippen LogP) is 2.83. The number of halogens is 2. The number of benzene rings is 1. The number of carbonyl (C=O) groups excluding carboxylic acids is 1. The van der Waals surface area contributed by atoms with Crippen molar-refractivity contribution in [2.75, 3.05) is 18.0 Å². The molecule has 0 saturated carbocycles. The first-order valence-corrected chi connectivity index (χ1v) is 9.33. The number of phenols is 1. The van der Waals surface area contributed by atoms with Gasteiger partial charge in [0.2, 0.25) is 0 Å². The largest absolute Gasteiger partial charge is 0.506 e. The molecular formula is C18H18Cl2N6O3. The molecule has 3 heterocycles. The Labute approximate surface area is 176 Å². The summed E-state index contributed by atoms with van der Waals surface area (Å²) < 4.78 is 1.72. The van der Waals surface area contributed by atoms with Gasteiger partial charge in [-0.2, -0.15) is 0 Å². The van der Waals surface area contributed by atoms with Crippen molar-refractivity contribution in [1.29, 1.82) is 0 Å². The lowest BCUT2D eigenvalue weighted by molar-refractivity contribution is 0.0937. The van der Waals surface area contributed by atoms with Crippen LogP contribution in [0.1, 0.15) is 16.8 Å². The molecule has 1 amide bonds. The van der Waals surface area contributed by atoms with Gasteiger partial charge in [-0.15, -0.1) is 10.3 Å². The van der Waals surface area contributed by atoms with E-state index in [0.29, 0.717) is 11.6 Å². The molecule has 0 unspecified atom stereocenters. The van der Waals surface area contributed by atoms with Crippen LogP contribution < -0.4 is 10.2 Å². The molecule has 1 atom stereocenters. The highest BCUT2D eigenvalue weighted by atomic mass is 35.5. The van der Waals surface area contributed by atoms with Crippen molar-refractivity contribution in [3.63, 3.8) is 0 Å². The van der Waals surface area contributed by atoms with E-state index in [-0.39, 0.29) is 22.4 Å². The van der Waals surface area contributed by atoms with E-state index >= 15 is 0 Å². The van der Waals surface area contributed by atoms with Crippen molar-refractivity contribution >= 4 is 47.3 Å². The maximum Gasteiger partial charge on any atom is 0.255 e. The number of nitrogens with one attached hydrogen (secondary N) is 1. The second-order valence-electron chi connectivity index (χ2n) is 6.25. The number of phenolic OH excluding ortho intramolecular Hbond substituents is 1. The molecule has 4 rings (SSSR count). The monoisotopic (exact) mass is 436 g/mol. The minimum Gasteiger partial charge on any atom is -0.506 e.